The molecule has 6 heteroatoms. The fourth-order valence-corrected chi connectivity index (χ4v) is 2.35. The average Bonchev–Trinajstić information content (AvgIpc) is 2.80. The van der Waals surface area contributed by atoms with Crippen molar-refractivity contribution in [3.63, 3.8) is 0 Å². The van der Waals surface area contributed by atoms with E-state index in [2.05, 4.69) is 31.6 Å². The van der Waals surface area contributed by atoms with E-state index in [0.717, 1.165) is 5.56 Å². The number of carbonyl (C=O) groups is 1. The van der Waals surface area contributed by atoms with Gasteiger partial charge in [-0.3, -0.25) is 0 Å². The first kappa shape index (κ1) is 12.1. The number of rotatable bonds is 2. The van der Waals surface area contributed by atoms with Crippen LogP contribution in [-0.4, -0.2) is 24.5 Å². The molecule has 0 amide bonds. The molecule has 0 spiro atoms. The number of carboxylic acids is 1. The molecule has 0 bridgehead atoms. The average molecular weight is 346 g/mol. The molecule has 1 aromatic heterocycles. The minimum absolute atomic E-state index is 0.161. The maximum absolute atomic E-state index is 11.5. The van der Waals surface area contributed by atoms with E-state index in [1.54, 1.807) is 12.1 Å². The molecule has 0 saturated carbocycles. The molecule has 0 aliphatic carbocycles. The van der Waals surface area contributed by atoms with Crippen molar-refractivity contribution in [3.05, 3.63) is 48.0 Å². The summed E-state index contributed by atoms with van der Waals surface area (Å²) in [6, 6.07) is 12.9. The van der Waals surface area contributed by atoms with Crippen LogP contribution in [-0.2, 0) is 21.3 Å². The second-order valence-corrected chi connectivity index (χ2v) is 4.57. The molecule has 0 fully saturated rings. The number of hydrogen-bond donors (Lipinski definition) is 1. The maximum atomic E-state index is 11.5. The summed E-state index contributed by atoms with van der Waals surface area (Å²) in [5.41, 5.74) is 2.62. The molecule has 3 aromatic rings. The van der Waals surface area contributed by atoms with Crippen LogP contribution >= 0.6 is 0 Å². The Hall–Kier alpha value is -1.95. The van der Waals surface area contributed by atoms with Gasteiger partial charge in [0.25, 0.3) is 0 Å². The van der Waals surface area contributed by atoms with Crippen LogP contribution < -0.4 is 0 Å². The van der Waals surface area contributed by atoms with Crippen molar-refractivity contribution in [2.24, 2.45) is 0 Å². The van der Waals surface area contributed by atoms with Crippen LogP contribution in [0.3, 0.4) is 0 Å². The first-order valence-electron chi connectivity index (χ1n) is 5.48. The molecule has 0 aliphatic rings. The van der Waals surface area contributed by atoms with Crippen LogP contribution in [0.25, 0.3) is 22.2 Å². The third-order valence-corrected chi connectivity index (χ3v) is 3.34. The van der Waals surface area contributed by atoms with E-state index in [1.807, 2.05) is 30.3 Å². The fourth-order valence-electron chi connectivity index (χ4n) is 2.02. The van der Waals surface area contributed by atoms with Crippen LogP contribution in [0.5, 0.6) is 0 Å². The quantitative estimate of drug-likeness (QED) is 0.722. The van der Waals surface area contributed by atoms with E-state index >= 15 is 0 Å². The van der Waals surface area contributed by atoms with Gasteiger partial charge in [-0.1, -0.05) is 0 Å². The molecule has 98 valence electrons. The van der Waals surface area contributed by atoms with Gasteiger partial charge in [-0.2, -0.15) is 0 Å². The Morgan fingerprint density at radius 3 is 2.58 bits per heavy atom. The Morgan fingerprint density at radius 2 is 1.89 bits per heavy atom. The first-order valence-corrected chi connectivity index (χ1v) is 6.14. The van der Waals surface area contributed by atoms with Crippen molar-refractivity contribution >= 4 is 17.0 Å². The molecule has 3 rings (SSSR count). The Balaban J connectivity index is 2.37. The summed E-state index contributed by atoms with van der Waals surface area (Å²) in [6.45, 7) is 0. The number of benzene rings is 2. The summed E-state index contributed by atoms with van der Waals surface area (Å²) in [5, 5.41) is 17.1. The van der Waals surface area contributed by atoms with Crippen LogP contribution in [0.4, 0.5) is 0 Å². The molecule has 0 radical (unpaired) electrons. The summed E-state index contributed by atoms with van der Waals surface area (Å²) in [7, 11) is 0. The Kier molecular flexibility index (Phi) is 2.94. The Bertz CT molecular complexity index is 768. The SMILES string of the molecule is O=C(O)c1c(-c2ccccc2)ccc2c1nn[n]2[Ag]. The van der Waals surface area contributed by atoms with Crippen LogP contribution in [0.15, 0.2) is 42.5 Å². The number of carboxylic acid groups (broad SMARTS) is 1. The number of aromatic carboxylic acids is 1. The van der Waals surface area contributed by atoms with E-state index < -0.39 is 5.97 Å². The predicted octanol–water partition coefficient (Wildman–Crippen LogP) is 2.11. The zero-order valence-corrected chi connectivity index (χ0v) is 11.0. The van der Waals surface area contributed by atoms with Gasteiger partial charge in [0.2, 0.25) is 0 Å². The van der Waals surface area contributed by atoms with E-state index in [0.29, 0.717) is 16.6 Å². The van der Waals surface area contributed by atoms with E-state index in [1.165, 1.54) is 3.09 Å². The molecule has 1 heterocycles. The molecular weight excluding hydrogens is 338 g/mol. The number of aromatic nitrogens is 3. The van der Waals surface area contributed by atoms with Gasteiger partial charge in [0, 0.05) is 0 Å². The number of fused-ring (bicyclic) bond motifs is 1. The Morgan fingerprint density at radius 1 is 1.16 bits per heavy atom. The van der Waals surface area contributed by atoms with E-state index in [-0.39, 0.29) is 5.56 Å². The molecular formula is C13H8AgN3O2. The molecule has 0 unspecified atom stereocenters. The summed E-state index contributed by atoms with van der Waals surface area (Å²) >= 11 is 3.20. The number of hydrogen-bond acceptors (Lipinski definition) is 3. The third-order valence-electron chi connectivity index (χ3n) is 2.85. The zero-order valence-electron chi connectivity index (χ0n) is 9.54. The monoisotopic (exact) mass is 345 g/mol. The normalized spacial score (nSPS) is 10.8. The molecule has 1 N–H and O–H groups in total. The fraction of sp³-hybridized carbons (Fsp3) is 0. The third kappa shape index (κ3) is 1.98. The summed E-state index contributed by atoms with van der Waals surface area (Å²) in [5.74, 6) is -1.02. The van der Waals surface area contributed by atoms with Gasteiger partial charge < -0.3 is 0 Å². The summed E-state index contributed by atoms with van der Waals surface area (Å²) < 4.78 is 1.38. The minimum atomic E-state index is -1.02. The van der Waals surface area contributed by atoms with Crippen molar-refractivity contribution in [1.29, 1.82) is 0 Å². The van der Waals surface area contributed by atoms with Gasteiger partial charge in [-0.25, -0.2) is 0 Å². The zero-order chi connectivity index (χ0) is 13.4. The molecule has 2 aromatic carbocycles. The molecule has 0 atom stereocenters. The molecule has 5 nitrogen and oxygen atoms in total. The predicted molar refractivity (Wildman–Crippen MR) is 65.3 cm³/mol. The van der Waals surface area contributed by atoms with Crippen molar-refractivity contribution in [3.8, 4) is 11.1 Å². The van der Waals surface area contributed by atoms with E-state index in [4.69, 9.17) is 0 Å². The molecule has 0 aliphatic heterocycles. The van der Waals surface area contributed by atoms with Gasteiger partial charge in [0.1, 0.15) is 0 Å². The van der Waals surface area contributed by atoms with Crippen LogP contribution in [0, 0.1) is 0 Å². The Labute approximate surface area is 121 Å². The summed E-state index contributed by atoms with van der Waals surface area (Å²) in [4.78, 5) is 11.5. The molecule has 0 saturated heterocycles. The van der Waals surface area contributed by atoms with Crippen LogP contribution in [0.2, 0.25) is 0 Å². The van der Waals surface area contributed by atoms with Gasteiger partial charge in [-0.05, 0) is 0 Å². The standard InChI is InChI=1S/C13H9N3O2.Ag/c17-13(18)11-9(8-4-2-1-3-5-8)6-7-10-12(11)15-16-14-10;/h1-7H,(H2,14,15,16,17,18);/q;+1/p-1. The van der Waals surface area contributed by atoms with Crippen molar-refractivity contribution in [2.45, 2.75) is 0 Å². The van der Waals surface area contributed by atoms with E-state index in [9.17, 15) is 9.90 Å². The second-order valence-electron chi connectivity index (χ2n) is 3.94. The molecule has 19 heavy (non-hydrogen) atoms. The van der Waals surface area contributed by atoms with Crippen LogP contribution in [0.1, 0.15) is 10.4 Å². The van der Waals surface area contributed by atoms with Gasteiger partial charge in [0.15, 0.2) is 0 Å². The topological polar surface area (TPSA) is 68.0 Å². The van der Waals surface area contributed by atoms with Crippen molar-refractivity contribution in [2.75, 3.05) is 0 Å². The second kappa shape index (κ2) is 4.62. The van der Waals surface area contributed by atoms with Gasteiger partial charge in [0.05, 0.1) is 0 Å². The van der Waals surface area contributed by atoms with Gasteiger partial charge >= 0.3 is 121 Å². The van der Waals surface area contributed by atoms with Crippen molar-refractivity contribution in [1.82, 2.24) is 13.4 Å². The van der Waals surface area contributed by atoms with Crippen molar-refractivity contribution < 1.29 is 31.2 Å². The van der Waals surface area contributed by atoms with Gasteiger partial charge in [-0.15, -0.1) is 0 Å². The number of nitrogens with zero attached hydrogens (tertiary/aromatic N) is 3. The first-order chi connectivity index (χ1) is 9.18. The summed E-state index contributed by atoms with van der Waals surface area (Å²) in [6.07, 6.45) is 0.